The van der Waals surface area contributed by atoms with Gasteiger partial charge in [-0.25, -0.2) is 0 Å². The van der Waals surface area contributed by atoms with Gasteiger partial charge in [0.2, 0.25) is 0 Å². The van der Waals surface area contributed by atoms with Crippen molar-refractivity contribution in [2.45, 2.75) is 232 Å². The number of allylic oxidation sites excluding steroid dienone is 10. The van der Waals surface area contributed by atoms with E-state index in [9.17, 15) is 9.59 Å². The summed E-state index contributed by atoms with van der Waals surface area (Å²) in [7, 11) is 0. The van der Waals surface area contributed by atoms with E-state index >= 15 is 0 Å². The Balaban J connectivity index is 4.26. The Bertz CT molecular complexity index is 977. The molecular weight excluding hydrogens is 693 g/mol. The molecule has 5 heteroatoms. The van der Waals surface area contributed by atoms with Gasteiger partial charge in [0, 0.05) is 19.4 Å². The van der Waals surface area contributed by atoms with Crippen LogP contribution in [0.4, 0.5) is 0 Å². The minimum atomic E-state index is -0.560. The van der Waals surface area contributed by atoms with E-state index in [1.165, 1.54) is 122 Å². The summed E-state index contributed by atoms with van der Waals surface area (Å²) in [5.41, 5.74) is 0. The Morgan fingerprint density at radius 3 is 1.27 bits per heavy atom. The van der Waals surface area contributed by atoms with Gasteiger partial charge in [-0.1, -0.05) is 216 Å². The molecule has 0 amide bonds. The monoisotopic (exact) mass is 783 g/mol. The van der Waals surface area contributed by atoms with Crippen LogP contribution in [-0.4, -0.2) is 37.9 Å². The molecule has 5 nitrogen and oxygen atoms in total. The zero-order valence-corrected chi connectivity index (χ0v) is 37.1. The molecule has 324 valence electrons. The quantitative estimate of drug-likeness (QED) is 0.0350. The molecule has 0 aromatic rings. The molecule has 0 aliphatic rings. The molecule has 0 aromatic carbocycles. The van der Waals surface area contributed by atoms with Crippen LogP contribution in [0, 0.1) is 0 Å². The molecule has 0 saturated heterocycles. The van der Waals surface area contributed by atoms with Crippen LogP contribution in [0.3, 0.4) is 0 Å². The highest BCUT2D eigenvalue weighted by Gasteiger charge is 2.17. The summed E-state index contributed by atoms with van der Waals surface area (Å²) >= 11 is 0. The molecule has 1 atom stereocenters. The lowest BCUT2D eigenvalue weighted by Gasteiger charge is -2.18. The molecule has 0 unspecified atom stereocenters. The second kappa shape index (κ2) is 47.0. The third-order valence-corrected chi connectivity index (χ3v) is 10.1. The smallest absolute Gasteiger partial charge is 0.306 e. The van der Waals surface area contributed by atoms with Crippen molar-refractivity contribution in [1.82, 2.24) is 0 Å². The van der Waals surface area contributed by atoms with Gasteiger partial charge in [0.05, 0.1) is 6.61 Å². The Labute approximate surface area is 347 Å². The summed E-state index contributed by atoms with van der Waals surface area (Å²) in [6.07, 6.45) is 58.1. The zero-order chi connectivity index (χ0) is 40.7. The summed E-state index contributed by atoms with van der Waals surface area (Å²) < 4.78 is 17.2. The van der Waals surface area contributed by atoms with E-state index in [-0.39, 0.29) is 25.2 Å². The maximum atomic E-state index is 12.7. The highest BCUT2D eigenvalue weighted by atomic mass is 16.6. The predicted molar refractivity (Wildman–Crippen MR) is 242 cm³/mol. The molecule has 0 aromatic heterocycles. The number of rotatable bonds is 43. The molecule has 0 aliphatic heterocycles. The van der Waals surface area contributed by atoms with Gasteiger partial charge < -0.3 is 14.2 Å². The van der Waals surface area contributed by atoms with Gasteiger partial charge in [0.1, 0.15) is 6.61 Å². The number of hydrogen-bond acceptors (Lipinski definition) is 5. The van der Waals surface area contributed by atoms with Crippen LogP contribution >= 0.6 is 0 Å². The molecular formula is C51H90O5. The number of unbranched alkanes of at least 4 members (excludes halogenated alkanes) is 22. The summed E-state index contributed by atoms with van der Waals surface area (Å²) in [6.45, 7) is 7.63. The maximum Gasteiger partial charge on any atom is 0.306 e. The minimum absolute atomic E-state index is 0.0643. The summed E-state index contributed by atoms with van der Waals surface area (Å²) in [5, 5.41) is 0. The average molecular weight is 783 g/mol. The van der Waals surface area contributed by atoms with E-state index in [1.54, 1.807) is 0 Å². The lowest BCUT2D eigenvalue weighted by atomic mass is 10.0. The fraction of sp³-hybridized carbons (Fsp3) is 0.765. The van der Waals surface area contributed by atoms with Gasteiger partial charge in [0.15, 0.2) is 6.10 Å². The van der Waals surface area contributed by atoms with Gasteiger partial charge in [-0.05, 0) is 57.8 Å². The number of hydrogen-bond donors (Lipinski definition) is 0. The highest BCUT2D eigenvalue weighted by molar-refractivity contribution is 5.70. The van der Waals surface area contributed by atoms with E-state index in [1.807, 2.05) is 0 Å². The molecule has 0 heterocycles. The first-order chi connectivity index (χ1) is 27.6. The van der Waals surface area contributed by atoms with Crippen molar-refractivity contribution in [3.63, 3.8) is 0 Å². The van der Waals surface area contributed by atoms with Gasteiger partial charge >= 0.3 is 11.9 Å². The molecule has 0 radical (unpaired) electrons. The molecule has 0 aliphatic carbocycles. The van der Waals surface area contributed by atoms with Crippen molar-refractivity contribution >= 4 is 11.9 Å². The van der Waals surface area contributed by atoms with Gasteiger partial charge in [0.25, 0.3) is 0 Å². The summed E-state index contributed by atoms with van der Waals surface area (Å²) in [4.78, 5) is 25.1. The third kappa shape index (κ3) is 44.3. The summed E-state index contributed by atoms with van der Waals surface area (Å²) in [5.74, 6) is -0.465. The van der Waals surface area contributed by atoms with Crippen LogP contribution in [0.25, 0.3) is 0 Å². The predicted octanol–water partition coefficient (Wildman–Crippen LogP) is 15.8. The van der Waals surface area contributed by atoms with Crippen molar-refractivity contribution in [3.8, 4) is 0 Å². The van der Waals surface area contributed by atoms with Gasteiger partial charge in [-0.2, -0.15) is 0 Å². The van der Waals surface area contributed by atoms with Crippen LogP contribution in [0.15, 0.2) is 60.8 Å². The Kier molecular flexibility index (Phi) is 45.0. The normalized spacial score (nSPS) is 12.7. The Morgan fingerprint density at radius 2 is 0.804 bits per heavy atom. The van der Waals surface area contributed by atoms with E-state index in [0.29, 0.717) is 19.4 Å². The molecule has 0 saturated carbocycles. The van der Waals surface area contributed by atoms with Crippen molar-refractivity contribution < 1.29 is 23.8 Å². The van der Waals surface area contributed by atoms with Crippen molar-refractivity contribution in [3.05, 3.63) is 60.8 Å². The molecule has 0 spiro atoms. The fourth-order valence-electron chi connectivity index (χ4n) is 6.55. The van der Waals surface area contributed by atoms with Crippen molar-refractivity contribution in [2.75, 3.05) is 19.8 Å². The van der Waals surface area contributed by atoms with E-state index in [0.717, 1.165) is 70.6 Å². The molecule has 0 bridgehead atoms. The second-order valence-electron chi connectivity index (χ2n) is 15.6. The fourth-order valence-corrected chi connectivity index (χ4v) is 6.55. The standard InChI is InChI=1S/C51H90O5/c1-4-7-10-13-16-18-20-22-24-26-27-29-31-33-36-39-42-45-51(53)56-49(48-55-50(52)44-41-38-35-15-12-9-6-3)47-54-46-43-40-37-34-32-30-28-25-23-21-19-17-14-11-8-5-2/h7,10,16,18,22,24,27,29,33,36,49H,4-6,8-9,11-15,17,19-21,23,25-26,28,30-32,34-35,37-48H2,1-3H3/b10-7-,18-16-,24-22-,29-27-,36-33-/t49-/m1/s1. The van der Waals surface area contributed by atoms with Crippen molar-refractivity contribution in [1.29, 1.82) is 0 Å². The molecule has 0 rings (SSSR count). The Morgan fingerprint density at radius 1 is 0.411 bits per heavy atom. The van der Waals surface area contributed by atoms with Crippen LogP contribution in [0.1, 0.15) is 226 Å². The van der Waals surface area contributed by atoms with Crippen molar-refractivity contribution in [2.24, 2.45) is 0 Å². The van der Waals surface area contributed by atoms with E-state index in [4.69, 9.17) is 14.2 Å². The second-order valence-corrected chi connectivity index (χ2v) is 15.6. The highest BCUT2D eigenvalue weighted by Crippen LogP contribution is 2.14. The lowest BCUT2D eigenvalue weighted by molar-refractivity contribution is -0.162. The molecule has 0 N–H and O–H groups in total. The number of ether oxygens (including phenoxy) is 3. The average Bonchev–Trinajstić information content (AvgIpc) is 3.20. The Hall–Kier alpha value is -2.40. The van der Waals surface area contributed by atoms with E-state index < -0.39 is 6.10 Å². The van der Waals surface area contributed by atoms with E-state index in [2.05, 4.69) is 81.5 Å². The topological polar surface area (TPSA) is 61.8 Å². The first-order valence-corrected chi connectivity index (χ1v) is 23.8. The first-order valence-electron chi connectivity index (χ1n) is 23.8. The van der Waals surface area contributed by atoms with Gasteiger partial charge in [-0.3, -0.25) is 9.59 Å². The van der Waals surface area contributed by atoms with Crippen LogP contribution in [0.2, 0.25) is 0 Å². The maximum absolute atomic E-state index is 12.7. The lowest BCUT2D eigenvalue weighted by Crippen LogP contribution is -2.30. The van der Waals surface area contributed by atoms with Crippen LogP contribution < -0.4 is 0 Å². The number of carbonyl (C=O) groups excluding carboxylic acids is 2. The number of esters is 2. The third-order valence-electron chi connectivity index (χ3n) is 10.1. The van der Waals surface area contributed by atoms with Crippen LogP contribution in [-0.2, 0) is 23.8 Å². The number of carbonyl (C=O) groups is 2. The van der Waals surface area contributed by atoms with Gasteiger partial charge in [-0.15, -0.1) is 0 Å². The largest absolute Gasteiger partial charge is 0.462 e. The SMILES string of the molecule is CC/C=C\C/C=C\C/C=C\C/C=C\C/C=C\CCCC(=O)O[C@H](COCCCCCCCCCCCCCCCCCC)COC(=O)CCCCCCCCC. The minimum Gasteiger partial charge on any atom is -0.462 e. The van der Waals surface area contributed by atoms with Crippen LogP contribution in [0.5, 0.6) is 0 Å². The molecule has 0 fully saturated rings. The molecule has 56 heavy (non-hydrogen) atoms. The first kappa shape index (κ1) is 53.6. The zero-order valence-electron chi connectivity index (χ0n) is 37.1. The summed E-state index contributed by atoms with van der Waals surface area (Å²) in [6, 6.07) is 0.